The summed E-state index contributed by atoms with van der Waals surface area (Å²) < 4.78 is 0. The van der Waals surface area contributed by atoms with Crippen molar-refractivity contribution in [1.29, 1.82) is 0 Å². The zero-order valence-electron chi connectivity index (χ0n) is 10.7. The second-order valence-electron chi connectivity index (χ2n) is 4.10. The molecule has 0 saturated heterocycles. The minimum atomic E-state index is -1.04. The van der Waals surface area contributed by atoms with Gasteiger partial charge >= 0.3 is 12.0 Å². The van der Waals surface area contributed by atoms with Gasteiger partial charge in [-0.3, -0.25) is 5.10 Å². The van der Waals surface area contributed by atoms with Crippen LogP contribution in [-0.2, 0) is 4.79 Å². The Morgan fingerprint density at radius 2 is 2.26 bits per heavy atom. The maximum absolute atomic E-state index is 11.5. The Balaban J connectivity index is 2.21. The lowest BCUT2D eigenvalue weighted by Gasteiger charge is -2.18. The number of H-pyrrole nitrogens is 1. The van der Waals surface area contributed by atoms with Crippen LogP contribution in [0.5, 0.6) is 0 Å². The van der Waals surface area contributed by atoms with E-state index in [9.17, 15) is 9.59 Å². The summed E-state index contributed by atoms with van der Waals surface area (Å²) in [7, 11) is 0. The van der Waals surface area contributed by atoms with Crippen molar-refractivity contribution in [1.82, 2.24) is 25.8 Å². The first-order chi connectivity index (χ1) is 9.00. The Morgan fingerprint density at radius 3 is 2.79 bits per heavy atom. The predicted molar refractivity (Wildman–Crippen MR) is 69.9 cm³/mol. The van der Waals surface area contributed by atoms with Crippen molar-refractivity contribution in [2.75, 3.05) is 12.3 Å². The Hall–Kier alpha value is -1.77. The SMILES string of the molecule is CC(C)[C@H](NC(=O)NCCSc1ncn[nH]1)C(=O)O. The van der Waals surface area contributed by atoms with Crippen LogP contribution in [-0.4, -0.2) is 50.6 Å². The van der Waals surface area contributed by atoms with Crippen molar-refractivity contribution in [2.24, 2.45) is 5.92 Å². The first kappa shape index (κ1) is 15.3. The number of carbonyl (C=O) groups is 2. The Bertz CT molecular complexity index is 409. The molecule has 1 rings (SSSR count). The molecule has 0 bridgehead atoms. The Kier molecular flexibility index (Phi) is 6.13. The van der Waals surface area contributed by atoms with Crippen molar-refractivity contribution >= 4 is 23.8 Å². The monoisotopic (exact) mass is 287 g/mol. The minimum Gasteiger partial charge on any atom is -0.480 e. The molecule has 0 spiro atoms. The summed E-state index contributed by atoms with van der Waals surface area (Å²) in [4.78, 5) is 26.3. The van der Waals surface area contributed by atoms with E-state index in [1.165, 1.54) is 18.1 Å². The average Bonchev–Trinajstić information content (AvgIpc) is 2.84. The molecule has 8 nitrogen and oxygen atoms in total. The summed E-state index contributed by atoms with van der Waals surface area (Å²) in [6.07, 6.45) is 1.41. The van der Waals surface area contributed by atoms with Gasteiger partial charge in [-0.25, -0.2) is 14.6 Å². The number of hydrogen-bond acceptors (Lipinski definition) is 5. The zero-order valence-corrected chi connectivity index (χ0v) is 11.5. The quantitative estimate of drug-likeness (QED) is 0.423. The van der Waals surface area contributed by atoms with Gasteiger partial charge in [-0.1, -0.05) is 25.6 Å². The Morgan fingerprint density at radius 1 is 1.53 bits per heavy atom. The number of urea groups is 1. The van der Waals surface area contributed by atoms with Gasteiger partial charge in [-0.15, -0.1) is 0 Å². The van der Waals surface area contributed by atoms with E-state index in [1.54, 1.807) is 13.8 Å². The van der Waals surface area contributed by atoms with Gasteiger partial charge in [0.05, 0.1) is 0 Å². The minimum absolute atomic E-state index is 0.174. The molecule has 2 amide bonds. The first-order valence-corrected chi connectivity index (χ1v) is 6.74. The molecule has 19 heavy (non-hydrogen) atoms. The fourth-order valence-corrected chi connectivity index (χ4v) is 1.92. The maximum Gasteiger partial charge on any atom is 0.326 e. The number of aromatic nitrogens is 3. The molecule has 0 aromatic carbocycles. The molecular formula is C10H17N5O3S. The van der Waals surface area contributed by atoms with E-state index in [-0.39, 0.29) is 5.92 Å². The smallest absolute Gasteiger partial charge is 0.326 e. The van der Waals surface area contributed by atoms with Gasteiger partial charge < -0.3 is 15.7 Å². The second-order valence-corrected chi connectivity index (χ2v) is 5.18. The fraction of sp³-hybridized carbons (Fsp3) is 0.600. The van der Waals surface area contributed by atoms with Crippen LogP contribution in [0.2, 0.25) is 0 Å². The molecule has 9 heteroatoms. The number of carbonyl (C=O) groups excluding carboxylic acids is 1. The second kappa shape index (κ2) is 7.62. The van der Waals surface area contributed by atoms with Crippen LogP contribution >= 0.6 is 11.8 Å². The normalized spacial score (nSPS) is 12.2. The van der Waals surface area contributed by atoms with Gasteiger partial charge in [0, 0.05) is 12.3 Å². The molecule has 0 aliphatic carbocycles. The number of carboxylic acids is 1. The number of nitrogens with zero attached hydrogens (tertiary/aromatic N) is 2. The molecule has 1 aromatic heterocycles. The maximum atomic E-state index is 11.5. The third kappa shape index (κ3) is 5.60. The number of nitrogens with one attached hydrogen (secondary N) is 3. The van der Waals surface area contributed by atoms with Crippen molar-refractivity contribution in [3.8, 4) is 0 Å². The van der Waals surface area contributed by atoms with Crippen LogP contribution in [0.15, 0.2) is 11.5 Å². The van der Waals surface area contributed by atoms with E-state index in [1.807, 2.05) is 0 Å². The van der Waals surface area contributed by atoms with Gasteiger partial charge in [0.1, 0.15) is 12.4 Å². The molecule has 1 atom stereocenters. The molecule has 4 N–H and O–H groups in total. The third-order valence-corrected chi connectivity index (χ3v) is 3.12. The highest BCUT2D eigenvalue weighted by molar-refractivity contribution is 7.99. The number of hydrogen-bond donors (Lipinski definition) is 4. The molecule has 1 aromatic rings. The molecule has 0 fully saturated rings. The first-order valence-electron chi connectivity index (χ1n) is 5.76. The Labute approximate surface area is 114 Å². The van der Waals surface area contributed by atoms with E-state index >= 15 is 0 Å². The van der Waals surface area contributed by atoms with Crippen LogP contribution in [0.3, 0.4) is 0 Å². The van der Waals surface area contributed by atoms with Crippen molar-refractivity contribution in [3.05, 3.63) is 6.33 Å². The number of aliphatic carboxylic acids is 1. The number of rotatable bonds is 7. The molecule has 0 aliphatic rings. The largest absolute Gasteiger partial charge is 0.480 e. The van der Waals surface area contributed by atoms with Gasteiger partial charge in [0.25, 0.3) is 0 Å². The summed E-state index contributed by atoms with van der Waals surface area (Å²) in [6, 6.07) is -1.37. The number of thioether (sulfide) groups is 1. The predicted octanol–water partition coefficient (Wildman–Crippen LogP) is 0.305. The highest BCUT2D eigenvalue weighted by Gasteiger charge is 2.22. The molecule has 106 valence electrons. The molecule has 0 radical (unpaired) electrons. The topological polar surface area (TPSA) is 120 Å². The van der Waals surface area contributed by atoms with E-state index < -0.39 is 18.0 Å². The van der Waals surface area contributed by atoms with Crippen molar-refractivity contribution < 1.29 is 14.7 Å². The lowest BCUT2D eigenvalue weighted by molar-refractivity contribution is -0.140. The number of carboxylic acid groups (broad SMARTS) is 1. The van der Waals surface area contributed by atoms with Crippen molar-refractivity contribution in [3.63, 3.8) is 0 Å². The average molecular weight is 287 g/mol. The standard InChI is InChI=1S/C10H17N5O3S/c1-6(2)7(8(16)17)14-9(18)11-3-4-19-10-12-5-13-15-10/h5-7H,3-4H2,1-2H3,(H,16,17)(H2,11,14,18)(H,12,13,15)/t7-/m0/s1. The number of amides is 2. The highest BCUT2D eigenvalue weighted by Crippen LogP contribution is 2.08. The van der Waals surface area contributed by atoms with Gasteiger partial charge in [-0.2, -0.15) is 5.10 Å². The van der Waals surface area contributed by atoms with Crippen LogP contribution in [0, 0.1) is 5.92 Å². The van der Waals surface area contributed by atoms with E-state index in [0.29, 0.717) is 17.5 Å². The third-order valence-electron chi connectivity index (χ3n) is 2.24. The van der Waals surface area contributed by atoms with Crippen molar-refractivity contribution in [2.45, 2.75) is 25.0 Å². The van der Waals surface area contributed by atoms with E-state index in [0.717, 1.165) is 0 Å². The van der Waals surface area contributed by atoms with Crippen LogP contribution in [0.4, 0.5) is 4.79 Å². The van der Waals surface area contributed by atoms with Gasteiger partial charge in [0.2, 0.25) is 0 Å². The summed E-state index contributed by atoms with van der Waals surface area (Å²) in [5.74, 6) is -0.602. The molecule has 0 saturated carbocycles. The summed E-state index contributed by atoms with van der Waals surface area (Å²) in [6.45, 7) is 3.87. The summed E-state index contributed by atoms with van der Waals surface area (Å²) in [5.41, 5.74) is 0. The van der Waals surface area contributed by atoms with E-state index in [2.05, 4.69) is 25.8 Å². The van der Waals surface area contributed by atoms with Gasteiger partial charge in [0.15, 0.2) is 5.16 Å². The van der Waals surface area contributed by atoms with Crippen LogP contribution < -0.4 is 10.6 Å². The molecular weight excluding hydrogens is 270 g/mol. The molecule has 0 unspecified atom stereocenters. The number of aromatic amines is 1. The van der Waals surface area contributed by atoms with E-state index in [4.69, 9.17) is 5.11 Å². The fourth-order valence-electron chi connectivity index (χ4n) is 1.28. The summed E-state index contributed by atoms with van der Waals surface area (Å²) in [5, 5.41) is 21.0. The lowest BCUT2D eigenvalue weighted by Crippen LogP contribution is -2.48. The molecule has 1 heterocycles. The van der Waals surface area contributed by atoms with Crippen LogP contribution in [0.25, 0.3) is 0 Å². The van der Waals surface area contributed by atoms with Gasteiger partial charge in [-0.05, 0) is 5.92 Å². The van der Waals surface area contributed by atoms with Crippen LogP contribution in [0.1, 0.15) is 13.8 Å². The summed E-state index contributed by atoms with van der Waals surface area (Å²) >= 11 is 1.41. The molecule has 0 aliphatic heterocycles. The lowest BCUT2D eigenvalue weighted by atomic mass is 10.1. The zero-order chi connectivity index (χ0) is 14.3. The highest BCUT2D eigenvalue weighted by atomic mass is 32.2.